The molecular formula is C22H43N5O4. The monoisotopic (exact) mass is 441 g/mol. The van der Waals surface area contributed by atoms with E-state index in [1.54, 1.807) is 7.05 Å². The van der Waals surface area contributed by atoms with Gasteiger partial charge in [0.1, 0.15) is 11.2 Å². The molecule has 0 spiro atoms. The lowest BCUT2D eigenvalue weighted by Crippen LogP contribution is -2.44. The molecule has 9 heteroatoms. The Morgan fingerprint density at radius 1 is 0.968 bits per heavy atom. The molecule has 2 amide bonds. The van der Waals surface area contributed by atoms with E-state index in [0.717, 1.165) is 51.3 Å². The van der Waals surface area contributed by atoms with Gasteiger partial charge in [0.05, 0.1) is 0 Å². The molecule has 0 aromatic rings. The number of piperidine rings is 1. The van der Waals surface area contributed by atoms with E-state index in [1.165, 1.54) is 0 Å². The third-order valence-electron chi connectivity index (χ3n) is 4.55. The summed E-state index contributed by atoms with van der Waals surface area (Å²) in [7, 11) is 1.74. The van der Waals surface area contributed by atoms with Crippen molar-refractivity contribution in [3.05, 3.63) is 0 Å². The first-order valence-corrected chi connectivity index (χ1v) is 11.3. The van der Waals surface area contributed by atoms with Crippen molar-refractivity contribution in [3.63, 3.8) is 0 Å². The normalized spacial score (nSPS) is 17.7. The van der Waals surface area contributed by atoms with Crippen LogP contribution in [0.15, 0.2) is 4.99 Å². The number of aliphatic imine (C=N–C) groups is 1. The van der Waals surface area contributed by atoms with E-state index in [0.29, 0.717) is 19.0 Å². The lowest BCUT2D eigenvalue weighted by atomic mass is 9.95. The first kappa shape index (κ1) is 26.8. The summed E-state index contributed by atoms with van der Waals surface area (Å²) in [5.74, 6) is 1.18. The molecule has 1 aliphatic rings. The second-order valence-corrected chi connectivity index (χ2v) is 9.93. The number of hydrogen-bond acceptors (Lipinski definition) is 5. The molecule has 0 saturated carbocycles. The van der Waals surface area contributed by atoms with E-state index in [9.17, 15) is 9.59 Å². The molecule has 9 nitrogen and oxygen atoms in total. The Morgan fingerprint density at radius 2 is 1.58 bits per heavy atom. The Morgan fingerprint density at radius 3 is 2.19 bits per heavy atom. The highest BCUT2D eigenvalue weighted by molar-refractivity contribution is 5.79. The summed E-state index contributed by atoms with van der Waals surface area (Å²) in [6.45, 7) is 14.7. The molecule has 0 aromatic heterocycles. The van der Waals surface area contributed by atoms with Gasteiger partial charge >= 0.3 is 12.2 Å². The average molecular weight is 442 g/mol. The van der Waals surface area contributed by atoms with Gasteiger partial charge in [0.25, 0.3) is 0 Å². The number of nitrogens with one attached hydrogen (secondary N) is 3. The molecule has 1 aliphatic heterocycles. The van der Waals surface area contributed by atoms with Crippen molar-refractivity contribution >= 4 is 18.1 Å². The third-order valence-corrected chi connectivity index (χ3v) is 4.55. The van der Waals surface area contributed by atoms with Gasteiger partial charge in [-0.1, -0.05) is 0 Å². The van der Waals surface area contributed by atoms with Crippen LogP contribution in [-0.2, 0) is 9.47 Å². The van der Waals surface area contributed by atoms with E-state index in [4.69, 9.17) is 9.47 Å². The summed E-state index contributed by atoms with van der Waals surface area (Å²) in [6, 6.07) is 0. The van der Waals surface area contributed by atoms with Crippen LogP contribution in [0.25, 0.3) is 0 Å². The summed E-state index contributed by atoms with van der Waals surface area (Å²) in [6.07, 6.45) is 3.21. The zero-order valence-corrected chi connectivity index (χ0v) is 20.5. The molecule has 1 rings (SSSR count). The van der Waals surface area contributed by atoms with Crippen LogP contribution < -0.4 is 16.0 Å². The highest BCUT2D eigenvalue weighted by Gasteiger charge is 2.27. The van der Waals surface area contributed by atoms with Crippen LogP contribution in [0.5, 0.6) is 0 Å². The smallest absolute Gasteiger partial charge is 0.410 e. The largest absolute Gasteiger partial charge is 0.444 e. The molecule has 1 saturated heterocycles. The molecule has 1 unspecified atom stereocenters. The van der Waals surface area contributed by atoms with Gasteiger partial charge in [0.2, 0.25) is 0 Å². The van der Waals surface area contributed by atoms with E-state index in [1.807, 2.05) is 46.4 Å². The SMILES string of the molecule is CN=C(NCCCNC(=O)OC(C)(C)C)NCCC1CCCN(C(=O)OC(C)(C)C)C1. The number of ether oxygens (including phenoxy) is 2. The fourth-order valence-electron chi connectivity index (χ4n) is 3.21. The van der Waals surface area contributed by atoms with Crippen molar-refractivity contribution in [2.75, 3.05) is 39.8 Å². The Balaban J connectivity index is 2.22. The number of guanidine groups is 1. The van der Waals surface area contributed by atoms with Crippen molar-refractivity contribution in [3.8, 4) is 0 Å². The predicted molar refractivity (Wildman–Crippen MR) is 123 cm³/mol. The zero-order chi connectivity index (χ0) is 23.5. The Bertz CT molecular complexity index is 596. The number of rotatable bonds is 7. The van der Waals surface area contributed by atoms with Crippen LogP contribution in [0.1, 0.15) is 67.2 Å². The zero-order valence-electron chi connectivity index (χ0n) is 20.5. The molecule has 0 bridgehead atoms. The minimum Gasteiger partial charge on any atom is -0.444 e. The average Bonchev–Trinajstić information content (AvgIpc) is 2.63. The predicted octanol–water partition coefficient (Wildman–Crippen LogP) is 3.10. The maximum absolute atomic E-state index is 12.3. The van der Waals surface area contributed by atoms with Gasteiger partial charge in [-0.15, -0.1) is 0 Å². The van der Waals surface area contributed by atoms with Crippen LogP contribution in [0.2, 0.25) is 0 Å². The third kappa shape index (κ3) is 13.0. The summed E-state index contributed by atoms with van der Waals surface area (Å²) < 4.78 is 10.7. The quantitative estimate of drug-likeness (QED) is 0.319. The minimum atomic E-state index is -0.490. The van der Waals surface area contributed by atoms with Crippen LogP contribution in [0, 0.1) is 5.92 Å². The second kappa shape index (κ2) is 12.6. The minimum absolute atomic E-state index is 0.220. The fourth-order valence-corrected chi connectivity index (χ4v) is 3.21. The number of alkyl carbamates (subject to hydrolysis) is 1. The molecule has 180 valence electrons. The molecule has 3 N–H and O–H groups in total. The van der Waals surface area contributed by atoms with Crippen molar-refractivity contribution in [2.45, 2.75) is 78.4 Å². The lowest BCUT2D eigenvalue weighted by Gasteiger charge is -2.34. The molecule has 0 aromatic carbocycles. The second-order valence-electron chi connectivity index (χ2n) is 9.93. The molecule has 0 aliphatic carbocycles. The van der Waals surface area contributed by atoms with Gasteiger partial charge in [0.15, 0.2) is 5.96 Å². The molecule has 31 heavy (non-hydrogen) atoms. The molecular weight excluding hydrogens is 398 g/mol. The number of hydrogen-bond donors (Lipinski definition) is 3. The van der Waals surface area contributed by atoms with E-state index in [2.05, 4.69) is 20.9 Å². The highest BCUT2D eigenvalue weighted by Crippen LogP contribution is 2.21. The van der Waals surface area contributed by atoms with Crippen LogP contribution >= 0.6 is 0 Å². The van der Waals surface area contributed by atoms with Gasteiger partial charge < -0.3 is 30.3 Å². The fraction of sp³-hybridized carbons (Fsp3) is 0.864. The van der Waals surface area contributed by atoms with Crippen LogP contribution in [-0.4, -0.2) is 74.0 Å². The van der Waals surface area contributed by atoms with Gasteiger partial charge in [0, 0.05) is 39.8 Å². The Labute approximate surface area is 187 Å². The summed E-state index contributed by atoms with van der Waals surface area (Å²) in [5, 5.41) is 9.31. The molecule has 1 atom stereocenters. The Hall–Kier alpha value is -2.19. The van der Waals surface area contributed by atoms with Crippen LogP contribution in [0.3, 0.4) is 0 Å². The van der Waals surface area contributed by atoms with E-state index in [-0.39, 0.29) is 6.09 Å². The number of amides is 2. The van der Waals surface area contributed by atoms with Crippen molar-refractivity contribution < 1.29 is 19.1 Å². The standard InChI is InChI=1S/C22H43N5O4/c1-21(2,3)30-19(28)26-13-9-12-24-18(23-7)25-14-11-17-10-8-15-27(16-17)20(29)31-22(4,5)6/h17H,8-16H2,1-7H3,(H,26,28)(H2,23,24,25). The van der Waals surface area contributed by atoms with Gasteiger partial charge in [-0.3, -0.25) is 4.99 Å². The number of carbonyl (C=O) groups excluding carboxylic acids is 2. The summed E-state index contributed by atoms with van der Waals surface area (Å²) >= 11 is 0. The van der Waals surface area contributed by atoms with Crippen LogP contribution in [0.4, 0.5) is 9.59 Å². The van der Waals surface area contributed by atoms with Gasteiger partial charge in [-0.2, -0.15) is 0 Å². The first-order chi connectivity index (χ1) is 14.4. The maximum atomic E-state index is 12.3. The maximum Gasteiger partial charge on any atom is 0.410 e. The highest BCUT2D eigenvalue weighted by atomic mass is 16.6. The first-order valence-electron chi connectivity index (χ1n) is 11.3. The summed E-state index contributed by atoms with van der Waals surface area (Å²) in [5.41, 5.74) is -0.956. The van der Waals surface area contributed by atoms with Gasteiger partial charge in [-0.25, -0.2) is 9.59 Å². The number of nitrogens with zero attached hydrogens (tertiary/aromatic N) is 2. The lowest BCUT2D eigenvalue weighted by molar-refractivity contribution is 0.0162. The molecule has 1 heterocycles. The van der Waals surface area contributed by atoms with E-state index < -0.39 is 17.3 Å². The topological polar surface area (TPSA) is 104 Å². The van der Waals surface area contributed by atoms with E-state index >= 15 is 0 Å². The van der Waals surface area contributed by atoms with Gasteiger partial charge in [-0.05, 0) is 73.1 Å². The van der Waals surface area contributed by atoms with Crippen molar-refractivity contribution in [1.82, 2.24) is 20.9 Å². The number of likely N-dealkylation sites (tertiary alicyclic amines) is 1. The number of carbonyl (C=O) groups is 2. The summed E-state index contributed by atoms with van der Waals surface area (Å²) in [4.78, 5) is 30.0. The van der Waals surface area contributed by atoms with Crippen molar-refractivity contribution in [1.29, 1.82) is 0 Å². The van der Waals surface area contributed by atoms with Crippen molar-refractivity contribution in [2.24, 2.45) is 10.9 Å². The molecule has 1 fully saturated rings. The Kier molecular flexibility index (Phi) is 10.9. The molecule has 0 radical (unpaired) electrons.